The van der Waals surface area contributed by atoms with Gasteiger partial charge in [-0.15, -0.1) is 0 Å². The molecule has 0 aliphatic carbocycles. The van der Waals surface area contributed by atoms with Crippen LogP contribution >= 0.6 is 0 Å². The van der Waals surface area contributed by atoms with Crippen molar-refractivity contribution in [2.75, 3.05) is 32.9 Å². The molecule has 1 saturated heterocycles. The van der Waals surface area contributed by atoms with E-state index in [1.165, 1.54) is 0 Å². The molecular weight excluding hydrogens is 266 g/mol. The van der Waals surface area contributed by atoms with Crippen molar-refractivity contribution in [1.82, 2.24) is 4.90 Å². The van der Waals surface area contributed by atoms with Crippen molar-refractivity contribution in [3.05, 3.63) is 29.8 Å². The van der Waals surface area contributed by atoms with Gasteiger partial charge in [-0.25, -0.2) is 0 Å². The van der Waals surface area contributed by atoms with Crippen LogP contribution in [0.1, 0.15) is 37.0 Å². The van der Waals surface area contributed by atoms with Gasteiger partial charge in [0.25, 0.3) is 5.91 Å². The molecule has 4 nitrogen and oxygen atoms in total. The fourth-order valence-electron chi connectivity index (χ4n) is 2.64. The third kappa shape index (κ3) is 4.21. The summed E-state index contributed by atoms with van der Waals surface area (Å²) in [7, 11) is 0. The van der Waals surface area contributed by atoms with Crippen LogP contribution in [0.2, 0.25) is 0 Å². The molecule has 0 spiro atoms. The molecule has 2 rings (SSSR count). The molecule has 1 aromatic rings. The number of para-hydroxylation sites is 1. The van der Waals surface area contributed by atoms with Crippen LogP contribution < -0.4 is 4.74 Å². The Bertz CT molecular complexity index is 461. The zero-order chi connectivity index (χ0) is 15.1. The minimum Gasteiger partial charge on any atom is -0.493 e. The number of benzene rings is 1. The SMILES string of the molecule is CCCOC[C@H]1CCN(C(=O)c2ccccc2OCC)C1. The molecule has 21 heavy (non-hydrogen) atoms. The van der Waals surface area contributed by atoms with Gasteiger partial charge in [-0.1, -0.05) is 19.1 Å². The lowest BCUT2D eigenvalue weighted by molar-refractivity contribution is 0.0751. The zero-order valence-corrected chi connectivity index (χ0v) is 13.0. The second-order valence-corrected chi connectivity index (χ2v) is 5.41. The molecule has 1 fully saturated rings. The normalized spacial score (nSPS) is 18.0. The summed E-state index contributed by atoms with van der Waals surface area (Å²) in [4.78, 5) is 14.5. The highest BCUT2D eigenvalue weighted by atomic mass is 16.5. The lowest BCUT2D eigenvalue weighted by Gasteiger charge is -2.18. The van der Waals surface area contributed by atoms with Crippen molar-refractivity contribution >= 4 is 5.91 Å². The Labute approximate surface area is 127 Å². The number of nitrogens with zero attached hydrogens (tertiary/aromatic N) is 1. The number of carbonyl (C=O) groups is 1. The molecule has 0 radical (unpaired) electrons. The minimum absolute atomic E-state index is 0.0667. The number of hydrogen-bond donors (Lipinski definition) is 0. The first-order chi connectivity index (χ1) is 10.3. The van der Waals surface area contributed by atoms with E-state index < -0.39 is 0 Å². The highest BCUT2D eigenvalue weighted by Gasteiger charge is 2.28. The van der Waals surface area contributed by atoms with Crippen LogP contribution in [0, 0.1) is 5.92 Å². The quantitative estimate of drug-likeness (QED) is 0.725. The maximum Gasteiger partial charge on any atom is 0.257 e. The summed E-state index contributed by atoms with van der Waals surface area (Å²) in [5.74, 6) is 1.20. The van der Waals surface area contributed by atoms with Crippen molar-refractivity contribution in [3.63, 3.8) is 0 Å². The van der Waals surface area contributed by atoms with Crippen LogP contribution in [0.3, 0.4) is 0 Å². The van der Waals surface area contributed by atoms with E-state index in [9.17, 15) is 4.79 Å². The van der Waals surface area contributed by atoms with Crippen molar-refractivity contribution in [2.45, 2.75) is 26.7 Å². The smallest absolute Gasteiger partial charge is 0.257 e. The van der Waals surface area contributed by atoms with Crippen LogP contribution in [0.15, 0.2) is 24.3 Å². The van der Waals surface area contributed by atoms with Gasteiger partial charge >= 0.3 is 0 Å². The maximum absolute atomic E-state index is 12.6. The molecule has 0 saturated carbocycles. The predicted octanol–water partition coefficient (Wildman–Crippen LogP) is 2.97. The van der Waals surface area contributed by atoms with E-state index in [4.69, 9.17) is 9.47 Å². The van der Waals surface area contributed by atoms with E-state index in [1.54, 1.807) is 0 Å². The van der Waals surface area contributed by atoms with Gasteiger partial charge in [0.15, 0.2) is 0 Å². The van der Waals surface area contributed by atoms with E-state index in [0.29, 0.717) is 23.8 Å². The van der Waals surface area contributed by atoms with Crippen LogP contribution in [0.25, 0.3) is 0 Å². The first-order valence-electron chi connectivity index (χ1n) is 7.85. The van der Waals surface area contributed by atoms with Crippen molar-refractivity contribution in [3.8, 4) is 5.75 Å². The summed E-state index contributed by atoms with van der Waals surface area (Å²) in [6, 6.07) is 7.48. The summed E-state index contributed by atoms with van der Waals surface area (Å²) >= 11 is 0. The summed E-state index contributed by atoms with van der Waals surface area (Å²) in [6.07, 6.45) is 2.06. The van der Waals surface area contributed by atoms with Crippen LogP contribution in [0.5, 0.6) is 5.75 Å². The van der Waals surface area contributed by atoms with Crippen LogP contribution in [-0.2, 0) is 4.74 Å². The standard InChI is InChI=1S/C17H25NO3/c1-3-11-20-13-14-9-10-18(12-14)17(19)15-7-5-6-8-16(15)21-4-2/h5-8,14H,3-4,9-13H2,1-2H3/t14-/m0/s1. The molecule has 0 unspecified atom stereocenters. The van der Waals surface area contributed by atoms with Gasteiger partial charge in [-0.3, -0.25) is 4.79 Å². The van der Waals surface area contributed by atoms with E-state index in [1.807, 2.05) is 36.1 Å². The molecule has 0 aromatic heterocycles. The second-order valence-electron chi connectivity index (χ2n) is 5.41. The predicted molar refractivity (Wildman–Crippen MR) is 82.7 cm³/mol. The van der Waals surface area contributed by atoms with E-state index in [-0.39, 0.29) is 5.91 Å². The molecule has 4 heteroatoms. The van der Waals surface area contributed by atoms with E-state index >= 15 is 0 Å². The average molecular weight is 291 g/mol. The summed E-state index contributed by atoms with van der Waals surface area (Å²) in [6.45, 7) is 7.75. The fourth-order valence-corrected chi connectivity index (χ4v) is 2.64. The molecule has 1 atom stereocenters. The monoisotopic (exact) mass is 291 g/mol. The highest BCUT2D eigenvalue weighted by Crippen LogP contribution is 2.24. The second kappa shape index (κ2) is 8.03. The molecule has 1 amide bonds. The van der Waals surface area contributed by atoms with Gasteiger partial charge in [-0.2, -0.15) is 0 Å². The third-order valence-corrected chi connectivity index (χ3v) is 3.69. The summed E-state index contributed by atoms with van der Waals surface area (Å²) in [5.41, 5.74) is 0.662. The number of likely N-dealkylation sites (tertiary alicyclic amines) is 1. The molecule has 1 aliphatic rings. The highest BCUT2D eigenvalue weighted by molar-refractivity contribution is 5.97. The lowest BCUT2D eigenvalue weighted by Crippen LogP contribution is -2.29. The Hall–Kier alpha value is -1.55. The Morgan fingerprint density at radius 3 is 2.90 bits per heavy atom. The number of ether oxygens (including phenoxy) is 2. The Morgan fingerprint density at radius 1 is 1.33 bits per heavy atom. The topological polar surface area (TPSA) is 38.8 Å². The Morgan fingerprint density at radius 2 is 2.14 bits per heavy atom. The minimum atomic E-state index is 0.0667. The first kappa shape index (κ1) is 15.8. The molecule has 1 heterocycles. The summed E-state index contributed by atoms with van der Waals surface area (Å²) < 4.78 is 11.2. The van der Waals surface area contributed by atoms with Crippen LogP contribution in [-0.4, -0.2) is 43.7 Å². The molecule has 116 valence electrons. The van der Waals surface area contributed by atoms with Crippen molar-refractivity contribution < 1.29 is 14.3 Å². The third-order valence-electron chi connectivity index (χ3n) is 3.69. The largest absolute Gasteiger partial charge is 0.493 e. The molecule has 0 bridgehead atoms. The molecular formula is C17H25NO3. The average Bonchev–Trinajstić information content (AvgIpc) is 2.97. The van der Waals surface area contributed by atoms with Crippen LogP contribution in [0.4, 0.5) is 0 Å². The van der Waals surface area contributed by atoms with E-state index in [2.05, 4.69) is 6.92 Å². The van der Waals surface area contributed by atoms with Crippen molar-refractivity contribution in [1.29, 1.82) is 0 Å². The Balaban J connectivity index is 1.95. The van der Waals surface area contributed by atoms with E-state index in [0.717, 1.165) is 39.1 Å². The number of carbonyl (C=O) groups excluding carboxylic acids is 1. The van der Waals surface area contributed by atoms with Gasteiger partial charge < -0.3 is 14.4 Å². The van der Waals surface area contributed by atoms with Gasteiger partial charge in [0, 0.05) is 25.6 Å². The van der Waals surface area contributed by atoms with Gasteiger partial charge in [-0.05, 0) is 31.9 Å². The fraction of sp³-hybridized carbons (Fsp3) is 0.588. The number of amides is 1. The van der Waals surface area contributed by atoms with Gasteiger partial charge in [0.2, 0.25) is 0 Å². The van der Waals surface area contributed by atoms with Gasteiger partial charge in [0.1, 0.15) is 5.75 Å². The first-order valence-corrected chi connectivity index (χ1v) is 7.85. The Kier molecular flexibility index (Phi) is 6.05. The van der Waals surface area contributed by atoms with Crippen molar-refractivity contribution in [2.24, 2.45) is 5.92 Å². The lowest BCUT2D eigenvalue weighted by atomic mass is 10.1. The maximum atomic E-state index is 12.6. The summed E-state index contributed by atoms with van der Waals surface area (Å²) in [5, 5.41) is 0. The zero-order valence-electron chi connectivity index (χ0n) is 13.0. The number of rotatable bonds is 7. The number of hydrogen-bond acceptors (Lipinski definition) is 3. The van der Waals surface area contributed by atoms with Gasteiger partial charge in [0.05, 0.1) is 18.8 Å². The molecule has 0 N–H and O–H groups in total. The molecule has 1 aliphatic heterocycles. The molecule has 1 aromatic carbocycles.